The van der Waals surface area contributed by atoms with Gasteiger partial charge in [-0.25, -0.2) is 14.2 Å². The van der Waals surface area contributed by atoms with Gasteiger partial charge in [0.25, 0.3) is 5.91 Å². The van der Waals surface area contributed by atoms with E-state index in [0.717, 1.165) is 12.0 Å². The van der Waals surface area contributed by atoms with Crippen molar-refractivity contribution in [2.45, 2.75) is 25.8 Å². The first-order valence-corrected chi connectivity index (χ1v) is 11.3. The van der Waals surface area contributed by atoms with Crippen LogP contribution in [-0.2, 0) is 9.53 Å². The summed E-state index contributed by atoms with van der Waals surface area (Å²) in [6.45, 7) is 2.78. The second-order valence-electron chi connectivity index (χ2n) is 7.87. The molecule has 0 radical (unpaired) electrons. The number of hydrogen-bond acceptors (Lipinski definition) is 5. The number of ether oxygens (including phenoxy) is 2. The lowest BCUT2D eigenvalue weighted by molar-refractivity contribution is -0.133. The van der Waals surface area contributed by atoms with E-state index < -0.39 is 11.9 Å². The number of carbonyl (C=O) groups is 2. The highest BCUT2D eigenvalue weighted by Crippen LogP contribution is 2.37. The summed E-state index contributed by atoms with van der Waals surface area (Å²) < 4.78 is 25.2. The molecule has 34 heavy (non-hydrogen) atoms. The van der Waals surface area contributed by atoms with E-state index in [2.05, 4.69) is 10.4 Å². The molecule has 0 fully saturated rings. The zero-order valence-corrected chi connectivity index (χ0v) is 19.8. The molecule has 1 heterocycles. The first-order chi connectivity index (χ1) is 16.5. The number of halogens is 1. The van der Waals surface area contributed by atoms with E-state index in [0.29, 0.717) is 30.0 Å². The van der Waals surface area contributed by atoms with E-state index in [1.54, 1.807) is 25.3 Å². The van der Waals surface area contributed by atoms with Crippen molar-refractivity contribution in [3.63, 3.8) is 0 Å². The Morgan fingerprint density at radius 1 is 1.18 bits per heavy atom. The summed E-state index contributed by atoms with van der Waals surface area (Å²) >= 11 is 0. The van der Waals surface area contributed by atoms with Crippen LogP contribution in [-0.4, -0.2) is 68.0 Å². The fourth-order valence-corrected chi connectivity index (χ4v) is 3.82. The summed E-state index contributed by atoms with van der Waals surface area (Å²) in [6, 6.07) is 12.9. The Hall–Kier alpha value is -3.46. The molecule has 3 rings (SSSR count). The molecule has 9 heteroatoms. The topological polar surface area (TPSA) is 83.5 Å². The lowest BCUT2D eigenvalue weighted by Crippen LogP contribution is -2.47. The van der Waals surface area contributed by atoms with Crippen molar-refractivity contribution in [3.05, 3.63) is 65.5 Å². The van der Waals surface area contributed by atoms with Crippen LogP contribution in [0.1, 0.15) is 36.9 Å². The molecule has 0 saturated heterocycles. The number of carbonyl (C=O) groups excluding carboxylic acids is 2. The van der Waals surface area contributed by atoms with Gasteiger partial charge in [-0.15, -0.1) is 0 Å². The van der Waals surface area contributed by atoms with Crippen LogP contribution in [0.4, 0.5) is 9.18 Å². The molecule has 1 unspecified atom stereocenters. The molecule has 2 aromatic rings. The van der Waals surface area contributed by atoms with E-state index in [1.165, 1.54) is 23.1 Å². The molecule has 2 aromatic carbocycles. The van der Waals surface area contributed by atoms with Crippen LogP contribution in [0, 0.1) is 5.82 Å². The van der Waals surface area contributed by atoms with Gasteiger partial charge in [0.2, 0.25) is 0 Å². The zero-order valence-electron chi connectivity index (χ0n) is 19.8. The number of methoxy groups -OCH3 is 2. The molecule has 1 aliphatic rings. The van der Waals surface area contributed by atoms with Gasteiger partial charge in [0.1, 0.15) is 18.1 Å². The van der Waals surface area contributed by atoms with Crippen molar-refractivity contribution >= 4 is 17.6 Å². The lowest BCUT2D eigenvalue weighted by Gasteiger charge is -2.27. The van der Waals surface area contributed by atoms with Gasteiger partial charge in [0, 0.05) is 37.7 Å². The summed E-state index contributed by atoms with van der Waals surface area (Å²) in [5.74, 6) is -0.188. The van der Waals surface area contributed by atoms with Crippen LogP contribution in [0.25, 0.3) is 0 Å². The van der Waals surface area contributed by atoms with Gasteiger partial charge in [0.05, 0.1) is 25.5 Å². The van der Waals surface area contributed by atoms with Gasteiger partial charge in [-0.1, -0.05) is 43.3 Å². The summed E-state index contributed by atoms with van der Waals surface area (Å²) in [4.78, 5) is 27.5. The standard InChI is InChI=1S/C25H31FN4O4/c1-4-13-27-25(32)29(14-15-33-2)17-24(31)30-22(19-10-6-8-12-23(19)34-3)16-21(28-30)18-9-5-7-11-20(18)26/h5-12,22H,4,13-17H2,1-3H3,(H,27,32). The molecule has 1 N–H and O–H groups in total. The molecule has 3 amide bonds. The highest BCUT2D eigenvalue weighted by molar-refractivity contribution is 6.03. The minimum absolute atomic E-state index is 0.196. The summed E-state index contributed by atoms with van der Waals surface area (Å²) in [5, 5.41) is 8.66. The number of amides is 3. The summed E-state index contributed by atoms with van der Waals surface area (Å²) in [6.07, 6.45) is 1.09. The van der Waals surface area contributed by atoms with E-state index in [4.69, 9.17) is 9.47 Å². The first-order valence-electron chi connectivity index (χ1n) is 11.3. The number of urea groups is 1. The fourth-order valence-electron chi connectivity index (χ4n) is 3.82. The van der Waals surface area contributed by atoms with Gasteiger partial charge < -0.3 is 19.7 Å². The van der Waals surface area contributed by atoms with E-state index >= 15 is 0 Å². The molecule has 0 aromatic heterocycles. The summed E-state index contributed by atoms with van der Waals surface area (Å²) in [7, 11) is 3.09. The van der Waals surface area contributed by atoms with Crippen molar-refractivity contribution in [3.8, 4) is 5.75 Å². The van der Waals surface area contributed by atoms with E-state index in [-0.39, 0.29) is 31.6 Å². The molecular weight excluding hydrogens is 439 g/mol. The van der Waals surface area contributed by atoms with Gasteiger partial charge in [-0.05, 0) is 18.6 Å². The number of nitrogens with zero attached hydrogens (tertiary/aromatic N) is 3. The van der Waals surface area contributed by atoms with Crippen molar-refractivity contribution in [2.75, 3.05) is 40.5 Å². The van der Waals surface area contributed by atoms with Crippen molar-refractivity contribution in [1.29, 1.82) is 0 Å². The third kappa shape index (κ3) is 5.91. The number of benzene rings is 2. The normalized spacial score (nSPS) is 15.1. The van der Waals surface area contributed by atoms with Crippen LogP contribution < -0.4 is 10.1 Å². The fraction of sp³-hybridized carbons (Fsp3) is 0.400. The maximum Gasteiger partial charge on any atom is 0.317 e. The number of nitrogens with one attached hydrogen (secondary N) is 1. The Bertz CT molecular complexity index is 1030. The van der Waals surface area contributed by atoms with Crippen molar-refractivity contribution in [2.24, 2.45) is 5.10 Å². The third-order valence-electron chi connectivity index (χ3n) is 5.55. The highest BCUT2D eigenvalue weighted by atomic mass is 19.1. The SMILES string of the molecule is CCCNC(=O)N(CCOC)CC(=O)N1N=C(c2ccccc2F)CC1c1ccccc1OC. The quantitative estimate of drug-likeness (QED) is 0.575. The largest absolute Gasteiger partial charge is 0.496 e. The molecule has 0 bridgehead atoms. The van der Waals surface area contributed by atoms with Crippen LogP contribution in [0.2, 0.25) is 0 Å². The predicted molar refractivity (Wildman–Crippen MR) is 127 cm³/mol. The number of para-hydroxylation sites is 1. The predicted octanol–water partition coefficient (Wildman–Crippen LogP) is 3.58. The van der Waals surface area contributed by atoms with Gasteiger partial charge in [0.15, 0.2) is 0 Å². The van der Waals surface area contributed by atoms with Crippen LogP contribution >= 0.6 is 0 Å². The van der Waals surface area contributed by atoms with Gasteiger partial charge in [-0.3, -0.25) is 4.79 Å². The maximum atomic E-state index is 14.5. The smallest absolute Gasteiger partial charge is 0.317 e. The minimum atomic E-state index is -0.499. The highest BCUT2D eigenvalue weighted by Gasteiger charge is 2.36. The number of hydrogen-bond donors (Lipinski definition) is 1. The Labute approximate surface area is 199 Å². The third-order valence-corrected chi connectivity index (χ3v) is 5.55. The molecule has 0 spiro atoms. The second kappa shape index (κ2) is 12.1. The molecule has 1 atom stereocenters. The average Bonchev–Trinajstić information content (AvgIpc) is 3.30. The molecule has 0 aliphatic carbocycles. The van der Waals surface area contributed by atoms with E-state index in [9.17, 15) is 14.0 Å². The molecule has 8 nitrogen and oxygen atoms in total. The van der Waals surface area contributed by atoms with Crippen LogP contribution in [0.5, 0.6) is 5.75 Å². The Kier molecular flexibility index (Phi) is 8.98. The number of hydrazone groups is 1. The Balaban J connectivity index is 1.92. The van der Waals surface area contributed by atoms with Gasteiger partial charge >= 0.3 is 6.03 Å². The maximum absolute atomic E-state index is 14.5. The first kappa shape index (κ1) is 25.2. The minimum Gasteiger partial charge on any atom is -0.496 e. The van der Waals surface area contributed by atoms with E-state index in [1.807, 2.05) is 31.2 Å². The van der Waals surface area contributed by atoms with Crippen molar-refractivity contribution in [1.82, 2.24) is 15.2 Å². The summed E-state index contributed by atoms with van der Waals surface area (Å²) in [5.41, 5.74) is 1.56. The lowest BCUT2D eigenvalue weighted by atomic mass is 9.97. The second-order valence-corrected chi connectivity index (χ2v) is 7.87. The average molecular weight is 471 g/mol. The monoisotopic (exact) mass is 470 g/mol. The Morgan fingerprint density at radius 3 is 2.62 bits per heavy atom. The van der Waals surface area contributed by atoms with Gasteiger partial charge in [-0.2, -0.15) is 5.10 Å². The molecule has 182 valence electrons. The zero-order chi connectivity index (χ0) is 24.5. The Morgan fingerprint density at radius 2 is 1.91 bits per heavy atom. The molecule has 0 saturated carbocycles. The molecular formula is C25H31FN4O4. The van der Waals surface area contributed by atoms with Crippen LogP contribution in [0.15, 0.2) is 53.6 Å². The molecule has 1 aliphatic heterocycles. The van der Waals surface area contributed by atoms with Crippen molar-refractivity contribution < 1.29 is 23.5 Å². The number of rotatable bonds is 10. The van der Waals surface area contributed by atoms with Crippen LogP contribution in [0.3, 0.4) is 0 Å².